The van der Waals surface area contributed by atoms with Gasteiger partial charge in [-0.25, -0.2) is 4.98 Å². The molecule has 0 saturated heterocycles. The number of aryl methyl sites for hydroxylation is 3. The molecule has 4 nitrogen and oxygen atoms in total. The number of benzene rings is 1. The Hall–Kier alpha value is -1.55. The van der Waals surface area contributed by atoms with E-state index in [-0.39, 0.29) is 5.97 Å². The minimum absolute atomic E-state index is 0.142. The van der Waals surface area contributed by atoms with Gasteiger partial charge in [-0.15, -0.1) is 11.6 Å². The maximum Gasteiger partial charge on any atom is 0.305 e. The van der Waals surface area contributed by atoms with Crippen LogP contribution in [0, 0.1) is 6.92 Å². The van der Waals surface area contributed by atoms with Crippen molar-refractivity contribution >= 4 is 28.6 Å². The van der Waals surface area contributed by atoms with Crippen molar-refractivity contribution in [1.29, 1.82) is 0 Å². The number of imidazole rings is 1. The molecule has 0 N–H and O–H groups in total. The average Bonchev–Trinajstić information content (AvgIpc) is 2.76. The summed E-state index contributed by atoms with van der Waals surface area (Å²) >= 11 is 5.87. The highest BCUT2D eigenvalue weighted by atomic mass is 35.5. The van der Waals surface area contributed by atoms with E-state index in [2.05, 4.69) is 34.7 Å². The Morgan fingerprint density at radius 3 is 2.95 bits per heavy atom. The molecule has 0 aliphatic heterocycles. The number of esters is 1. The van der Waals surface area contributed by atoms with Gasteiger partial charge in [-0.2, -0.15) is 0 Å². The summed E-state index contributed by atoms with van der Waals surface area (Å²) in [6.07, 6.45) is 1.90. The Balaban J connectivity index is 2.16. The largest absolute Gasteiger partial charge is 0.466 e. The molecule has 114 valence electrons. The van der Waals surface area contributed by atoms with Gasteiger partial charge in [-0.3, -0.25) is 4.79 Å². The van der Waals surface area contributed by atoms with Gasteiger partial charge >= 0.3 is 5.97 Å². The second kappa shape index (κ2) is 7.46. The third-order valence-corrected chi connectivity index (χ3v) is 3.56. The molecule has 1 heterocycles. The van der Waals surface area contributed by atoms with E-state index in [4.69, 9.17) is 16.3 Å². The van der Waals surface area contributed by atoms with Crippen LogP contribution in [0.15, 0.2) is 18.2 Å². The Morgan fingerprint density at radius 1 is 1.43 bits per heavy atom. The highest BCUT2D eigenvalue weighted by Crippen LogP contribution is 2.19. The fourth-order valence-electron chi connectivity index (χ4n) is 2.43. The number of halogens is 1. The van der Waals surface area contributed by atoms with Gasteiger partial charge in [0.2, 0.25) is 0 Å². The van der Waals surface area contributed by atoms with Crippen LogP contribution in [-0.2, 0) is 22.5 Å². The van der Waals surface area contributed by atoms with Gasteiger partial charge in [0.25, 0.3) is 0 Å². The van der Waals surface area contributed by atoms with Gasteiger partial charge < -0.3 is 9.30 Å². The lowest BCUT2D eigenvalue weighted by molar-refractivity contribution is -0.143. The van der Waals surface area contributed by atoms with E-state index in [1.54, 1.807) is 0 Å². The molecule has 0 atom stereocenters. The Kier molecular flexibility index (Phi) is 5.62. The van der Waals surface area contributed by atoms with Gasteiger partial charge in [0.1, 0.15) is 5.82 Å². The van der Waals surface area contributed by atoms with Gasteiger partial charge in [0.05, 0.1) is 17.6 Å². The minimum Gasteiger partial charge on any atom is -0.466 e. The molecule has 1 aromatic heterocycles. The average molecular weight is 309 g/mol. The van der Waals surface area contributed by atoms with Crippen LogP contribution >= 0.6 is 11.6 Å². The number of aromatic nitrogens is 2. The summed E-state index contributed by atoms with van der Waals surface area (Å²) in [7, 11) is 0. The van der Waals surface area contributed by atoms with Crippen molar-refractivity contribution in [3.8, 4) is 0 Å². The molecule has 0 aliphatic carbocycles. The lowest BCUT2D eigenvalue weighted by atomic mass is 10.2. The first-order valence-corrected chi connectivity index (χ1v) is 7.86. The summed E-state index contributed by atoms with van der Waals surface area (Å²) in [5.74, 6) is 1.38. The Bertz CT molecular complexity index is 622. The fourth-order valence-corrected chi connectivity index (χ4v) is 2.60. The fraction of sp³-hybridized carbons (Fsp3) is 0.500. The number of carbonyl (C=O) groups excluding carboxylic acids is 1. The number of carbonyl (C=O) groups is 1. The number of hydrogen-bond acceptors (Lipinski definition) is 3. The molecule has 0 fully saturated rings. The van der Waals surface area contributed by atoms with Gasteiger partial charge in [0.15, 0.2) is 0 Å². The standard InChI is InChI=1S/C16H21ClN2O2/c1-3-21-16(20)5-4-10-19-14-7-6-12(2)11-13(14)18-15(19)8-9-17/h6-7,11H,3-5,8-10H2,1-2H3. The normalized spacial score (nSPS) is 11.0. The van der Waals surface area contributed by atoms with E-state index in [0.29, 0.717) is 18.9 Å². The molecule has 0 saturated carbocycles. The summed E-state index contributed by atoms with van der Waals surface area (Å²) in [5, 5.41) is 0. The smallest absolute Gasteiger partial charge is 0.305 e. The quantitative estimate of drug-likeness (QED) is 0.581. The van der Waals surface area contributed by atoms with E-state index in [9.17, 15) is 4.79 Å². The molecule has 21 heavy (non-hydrogen) atoms. The van der Waals surface area contributed by atoms with Crippen molar-refractivity contribution in [2.45, 2.75) is 39.7 Å². The first kappa shape index (κ1) is 15.8. The molecule has 5 heteroatoms. The molecule has 0 amide bonds. The minimum atomic E-state index is -0.142. The molecule has 1 aromatic carbocycles. The summed E-state index contributed by atoms with van der Waals surface area (Å²) in [6.45, 7) is 5.07. The molecular formula is C16H21ClN2O2. The summed E-state index contributed by atoms with van der Waals surface area (Å²) in [6, 6.07) is 6.24. The molecule has 2 aromatic rings. The molecule has 0 bridgehead atoms. The Labute approximate surface area is 130 Å². The summed E-state index contributed by atoms with van der Waals surface area (Å²) < 4.78 is 7.12. The maximum absolute atomic E-state index is 11.4. The van der Waals surface area contributed by atoms with E-state index in [1.165, 1.54) is 5.56 Å². The first-order valence-electron chi connectivity index (χ1n) is 7.33. The number of hydrogen-bond donors (Lipinski definition) is 0. The van der Waals surface area contributed by atoms with Crippen molar-refractivity contribution in [3.05, 3.63) is 29.6 Å². The van der Waals surface area contributed by atoms with Gasteiger partial charge in [-0.1, -0.05) is 6.07 Å². The summed E-state index contributed by atoms with van der Waals surface area (Å²) in [4.78, 5) is 16.1. The maximum atomic E-state index is 11.4. The van der Waals surface area contributed by atoms with E-state index in [1.807, 2.05) is 6.92 Å². The van der Waals surface area contributed by atoms with Crippen LogP contribution in [0.3, 0.4) is 0 Å². The van der Waals surface area contributed by atoms with Crippen LogP contribution in [0.1, 0.15) is 31.2 Å². The van der Waals surface area contributed by atoms with Crippen molar-refractivity contribution in [3.63, 3.8) is 0 Å². The predicted octanol–water partition coefficient (Wildman–Crippen LogP) is 3.47. The molecule has 0 unspecified atom stereocenters. The number of ether oxygens (including phenoxy) is 1. The topological polar surface area (TPSA) is 44.1 Å². The number of alkyl halides is 1. The van der Waals surface area contributed by atoms with Gasteiger partial charge in [-0.05, 0) is 38.0 Å². The van der Waals surface area contributed by atoms with Crippen LogP contribution in [0.2, 0.25) is 0 Å². The van der Waals surface area contributed by atoms with Crippen molar-refractivity contribution < 1.29 is 9.53 Å². The van der Waals surface area contributed by atoms with Crippen molar-refractivity contribution in [2.75, 3.05) is 12.5 Å². The van der Waals surface area contributed by atoms with Gasteiger partial charge in [0, 0.05) is 25.3 Å². The monoisotopic (exact) mass is 308 g/mol. The predicted molar refractivity (Wildman–Crippen MR) is 84.8 cm³/mol. The van der Waals surface area contributed by atoms with E-state index < -0.39 is 0 Å². The van der Waals surface area contributed by atoms with E-state index >= 15 is 0 Å². The third kappa shape index (κ3) is 3.97. The highest BCUT2D eigenvalue weighted by Gasteiger charge is 2.11. The highest BCUT2D eigenvalue weighted by molar-refractivity contribution is 6.17. The van der Waals surface area contributed by atoms with Crippen LogP contribution in [0.5, 0.6) is 0 Å². The number of fused-ring (bicyclic) bond motifs is 1. The lowest BCUT2D eigenvalue weighted by Gasteiger charge is -2.08. The lowest BCUT2D eigenvalue weighted by Crippen LogP contribution is -2.09. The van der Waals surface area contributed by atoms with Crippen molar-refractivity contribution in [2.24, 2.45) is 0 Å². The SMILES string of the molecule is CCOC(=O)CCCn1c(CCCl)nc2cc(C)ccc21. The summed E-state index contributed by atoms with van der Waals surface area (Å²) in [5.41, 5.74) is 3.28. The zero-order chi connectivity index (χ0) is 15.2. The molecule has 0 spiro atoms. The Morgan fingerprint density at radius 2 is 2.24 bits per heavy atom. The molecule has 0 radical (unpaired) electrons. The third-order valence-electron chi connectivity index (χ3n) is 3.37. The van der Waals surface area contributed by atoms with Crippen LogP contribution in [-0.4, -0.2) is 28.0 Å². The van der Waals surface area contributed by atoms with Crippen LogP contribution in [0.25, 0.3) is 11.0 Å². The number of nitrogens with zero attached hydrogens (tertiary/aromatic N) is 2. The van der Waals surface area contributed by atoms with E-state index in [0.717, 1.165) is 36.2 Å². The molecule has 2 rings (SSSR count). The molecular weight excluding hydrogens is 288 g/mol. The second-order valence-electron chi connectivity index (χ2n) is 5.02. The zero-order valence-corrected chi connectivity index (χ0v) is 13.3. The number of rotatable bonds is 7. The van der Waals surface area contributed by atoms with Crippen LogP contribution in [0.4, 0.5) is 0 Å². The zero-order valence-electron chi connectivity index (χ0n) is 12.6. The van der Waals surface area contributed by atoms with Crippen molar-refractivity contribution in [1.82, 2.24) is 9.55 Å². The van der Waals surface area contributed by atoms with Crippen LogP contribution < -0.4 is 0 Å². The molecule has 0 aliphatic rings. The second-order valence-corrected chi connectivity index (χ2v) is 5.40. The first-order chi connectivity index (χ1) is 10.2.